The molecule has 1 heterocycles. The van der Waals surface area contributed by atoms with Gasteiger partial charge in [0.25, 0.3) is 5.91 Å². The first-order valence-electron chi connectivity index (χ1n) is 8.15. The maximum Gasteiger partial charge on any atom is 0.337 e. The number of methoxy groups -OCH3 is 1. The van der Waals surface area contributed by atoms with Crippen molar-refractivity contribution < 1.29 is 23.1 Å². The van der Waals surface area contributed by atoms with Gasteiger partial charge in [-0.25, -0.2) is 18.6 Å². The fourth-order valence-corrected chi connectivity index (χ4v) is 2.39. The Labute approximate surface area is 159 Å². The molecule has 0 fully saturated rings. The van der Waals surface area contributed by atoms with E-state index in [1.165, 1.54) is 37.6 Å². The number of anilines is 3. The van der Waals surface area contributed by atoms with Crippen LogP contribution in [0.4, 0.5) is 26.0 Å². The second-order valence-corrected chi connectivity index (χ2v) is 5.68. The Morgan fingerprint density at radius 1 is 0.964 bits per heavy atom. The third-order valence-corrected chi connectivity index (χ3v) is 3.78. The van der Waals surface area contributed by atoms with E-state index in [0.717, 1.165) is 12.1 Å². The van der Waals surface area contributed by atoms with Crippen LogP contribution in [0.25, 0.3) is 0 Å². The molecule has 0 aliphatic heterocycles. The van der Waals surface area contributed by atoms with Gasteiger partial charge in [-0.05, 0) is 42.5 Å². The molecule has 0 radical (unpaired) electrons. The molecule has 0 atom stereocenters. The van der Waals surface area contributed by atoms with E-state index >= 15 is 0 Å². The second-order valence-electron chi connectivity index (χ2n) is 5.68. The SMILES string of the molecule is COC(=O)c1cccc(NC(=O)c2ccc(Nc3c(F)cccc3F)nc2)c1. The first-order chi connectivity index (χ1) is 13.5. The minimum Gasteiger partial charge on any atom is -0.465 e. The fourth-order valence-electron chi connectivity index (χ4n) is 2.39. The summed E-state index contributed by atoms with van der Waals surface area (Å²) in [6.07, 6.45) is 1.26. The largest absolute Gasteiger partial charge is 0.465 e. The van der Waals surface area contributed by atoms with Gasteiger partial charge in [0, 0.05) is 11.9 Å². The fraction of sp³-hybridized carbons (Fsp3) is 0.0500. The van der Waals surface area contributed by atoms with Gasteiger partial charge in [0.1, 0.15) is 23.1 Å². The summed E-state index contributed by atoms with van der Waals surface area (Å²) >= 11 is 0. The topological polar surface area (TPSA) is 80.3 Å². The number of nitrogens with one attached hydrogen (secondary N) is 2. The molecule has 0 spiro atoms. The van der Waals surface area contributed by atoms with Gasteiger partial charge < -0.3 is 15.4 Å². The van der Waals surface area contributed by atoms with Gasteiger partial charge in [-0.2, -0.15) is 0 Å². The molecule has 0 bridgehead atoms. The molecule has 3 aromatic rings. The molecule has 3 rings (SSSR count). The van der Waals surface area contributed by atoms with Crippen molar-refractivity contribution in [2.24, 2.45) is 0 Å². The molecule has 0 aliphatic carbocycles. The number of benzene rings is 2. The predicted octanol–water partition coefficient (Wildman–Crippen LogP) is 4.14. The number of ether oxygens (including phenoxy) is 1. The standard InChI is InChI=1S/C20H15F2N3O3/c1-28-20(27)12-4-2-5-14(10-12)24-19(26)13-8-9-17(23-11-13)25-18-15(21)6-3-7-16(18)22/h2-11H,1H3,(H,23,25)(H,24,26). The van der Waals surface area contributed by atoms with Crippen LogP contribution in [0.15, 0.2) is 60.8 Å². The number of aromatic nitrogens is 1. The Morgan fingerprint density at radius 3 is 2.32 bits per heavy atom. The van der Waals surface area contributed by atoms with Crippen LogP contribution in [0.2, 0.25) is 0 Å². The van der Waals surface area contributed by atoms with E-state index in [4.69, 9.17) is 0 Å². The van der Waals surface area contributed by atoms with Crippen LogP contribution in [0.1, 0.15) is 20.7 Å². The predicted molar refractivity (Wildman–Crippen MR) is 99.6 cm³/mol. The summed E-state index contributed by atoms with van der Waals surface area (Å²) < 4.78 is 32.0. The number of halogens is 2. The Hall–Kier alpha value is -3.81. The van der Waals surface area contributed by atoms with Crippen LogP contribution in [0, 0.1) is 11.6 Å². The summed E-state index contributed by atoms with van der Waals surface area (Å²) in [4.78, 5) is 27.9. The minimum absolute atomic E-state index is 0.174. The van der Waals surface area contributed by atoms with E-state index in [9.17, 15) is 18.4 Å². The number of para-hydroxylation sites is 1. The molecule has 2 aromatic carbocycles. The highest BCUT2D eigenvalue weighted by molar-refractivity contribution is 6.04. The highest BCUT2D eigenvalue weighted by atomic mass is 19.1. The molecule has 142 valence electrons. The Balaban J connectivity index is 1.71. The van der Waals surface area contributed by atoms with E-state index in [2.05, 4.69) is 20.4 Å². The maximum absolute atomic E-state index is 13.7. The van der Waals surface area contributed by atoms with E-state index in [1.54, 1.807) is 18.2 Å². The number of pyridine rings is 1. The molecule has 0 saturated heterocycles. The third-order valence-electron chi connectivity index (χ3n) is 3.78. The maximum atomic E-state index is 13.7. The molecular formula is C20H15F2N3O3. The lowest BCUT2D eigenvalue weighted by atomic mass is 10.2. The van der Waals surface area contributed by atoms with Crippen molar-refractivity contribution in [2.45, 2.75) is 0 Å². The average Bonchev–Trinajstić information content (AvgIpc) is 2.71. The number of rotatable bonds is 5. The van der Waals surface area contributed by atoms with Crippen LogP contribution in [-0.2, 0) is 4.74 Å². The average molecular weight is 383 g/mol. The highest BCUT2D eigenvalue weighted by Crippen LogP contribution is 2.22. The van der Waals surface area contributed by atoms with Crippen molar-refractivity contribution in [3.05, 3.63) is 83.6 Å². The number of hydrogen-bond acceptors (Lipinski definition) is 5. The van der Waals surface area contributed by atoms with Crippen molar-refractivity contribution in [3.8, 4) is 0 Å². The van der Waals surface area contributed by atoms with Crippen LogP contribution < -0.4 is 10.6 Å². The van der Waals surface area contributed by atoms with Gasteiger partial charge in [0.2, 0.25) is 0 Å². The van der Waals surface area contributed by atoms with Gasteiger partial charge in [-0.3, -0.25) is 4.79 Å². The molecule has 1 aromatic heterocycles. The van der Waals surface area contributed by atoms with Gasteiger partial charge in [-0.15, -0.1) is 0 Å². The Morgan fingerprint density at radius 2 is 1.68 bits per heavy atom. The number of carbonyl (C=O) groups excluding carboxylic acids is 2. The highest BCUT2D eigenvalue weighted by Gasteiger charge is 2.12. The monoisotopic (exact) mass is 383 g/mol. The van der Waals surface area contributed by atoms with E-state index in [0.29, 0.717) is 11.3 Å². The molecule has 28 heavy (non-hydrogen) atoms. The lowest BCUT2D eigenvalue weighted by Gasteiger charge is -2.09. The molecule has 0 saturated carbocycles. The first-order valence-corrected chi connectivity index (χ1v) is 8.15. The van der Waals surface area contributed by atoms with E-state index in [-0.39, 0.29) is 17.1 Å². The Bertz CT molecular complexity index is 1000. The zero-order chi connectivity index (χ0) is 20.1. The van der Waals surface area contributed by atoms with Crippen molar-refractivity contribution in [3.63, 3.8) is 0 Å². The Kier molecular flexibility index (Phi) is 5.59. The van der Waals surface area contributed by atoms with Crippen molar-refractivity contribution in [1.29, 1.82) is 0 Å². The van der Waals surface area contributed by atoms with E-state index < -0.39 is 23.5 Å². The van der Waals surface area contributed by atoms with Crippen LogP contribution in [-0.4, -0.2) is 24.0 Å². The van der Waals surface area contributed by atoms with Crippen molar-refractivity contribution >= 4 is 29.1 Å². The third kappa shape index (κ3) is 4.29. The van der Waals surface area contributed by atoms with Crippen LogP contribution in [0.3, 0.4) is 0 Å². The van der Waals surface area contributed by atoms with Gasteiger partial charge in [0.05, 0.1) is 18.2 Å². The zero-order valence-corrected chi connectivity index (χ0v) is 14.7. The smallest absolute Gasteiger partial charge is 0.337 e. The normalized spacial score (nSPS) is 10.2. The zero-order valence-electron chi connectivity index (χ0n) is 14.7. The molecule has 0 aliphatic rings. The van der Waals surface area contributed by atoms with Gasteiger partial charge >= 0.3 is 5.97 Å². The molecule has 0 unspecified atom stereocenters. The summed E-state index contributed by atoms with van der Waals surface area (Å²) in [5, 5.41) is 5.18. The lowest BCUT2D eigenvalue weighted by molar-refractivity contribution is 0.0600. The summed E-state index contributed by atoms with van der Waals surface area (Å²) in [5.41, 5.74) is 0.600. The van der Waals surface area contributed by atoms with Crippen LogP contribution in [0.5, 0.6) is 0 Å². The molecule has 1 amide bonds. The number of esters is 1. The molecule has 8 heteroatoms. The molecule has 6 nitrogen and oxygen atoms in total. The number of hydrogen-bond donors (Lipinski definition) is 2. The summed E-state index contributed by atoms with van der Waals surface area (Å²) in [6, 6.07) is 12.6. The van der Waals surface area contributed by atoms with Crippen molar-refractivity contribution in [2.75, 3.05) is 17.7 Å². The van der Waals surface area contributed by atoms with Gasteiger partial charge in [-0.1, -0.05) is 12.1 Å². The number of nitrogens with zero attached hydrogens (tertiary/aromatic N) is 1. The van der Waals surface area contributed by atoms with Gasteiger partial charge in [0.15, 0.2) is 0 Å². The first kappa shape index (κ1) is 19.0. The lowest BCUT2D eigenvalue weighted by Crippen LogP contribution is -2.13. The quantitative estimate of drug-likeness (QED) is 0.647. The molecule has 2 N–H and O–H groups in total. The van der Waals surface area contributed by atoms with Crippen molar-refractivity contribution in [1.82, 2.24) is 4.98 Å². The summed E-state index contributed by atoms with van der Waals surface area (Å²) in [7, 11) is 1.27. The molecular weight excluding hydrogens is 368 g/mol. The summed E-state index contributed by atoms with van der Waals surface area (Å²) in [6.45, 7) is 0. The minimum atomic E-state index is -0.755. The van der Waals surface area contributed by atoms with Crippen LogP contribution >= 0.6 is 0 Å². The number of amides is 1. The number of carbonyl (C=O) groups is 2. The van der Waals surface area contributed by atoms with E-state index in [1.807, 2.05) is 0 Å². The summed E-state index contributed by atoms with van der Waals surface area (Å²) in [5.74, 6) is -2.32. The second kappa shape index (κ2) is 8.26.